The third kappa shape index (κ3) is 5.63. The van der Waals surface area contributed by atoms with E-state index in [1.807, 2.05) is 19.2 Å². The lowest BCUT2D eigenvalue weighted by Crippen LogP contribution is -2.09. The van der Waals surface area contributed by atoms with Crippen LogP contribution >= 0.6 is 0 Å². The average molecular weight is 313 g/mol. The average Bonchev–Trinajstić information content (AvgIpc) is 2.52. The molecule has 0 spiro atoms. The molecule has 1 aliphatic carbocycles. The second-order valence-corrected chi connectivity index (χ2v) is 6.20. The largest absolute Gasteiger partial charge is 0.507 e. The highest BCUT2D eigenvalue weighted by Gasteiger charge is 2.20. The Hall–Kier alpha value is -1.96. The van der Waals surface area contributed by atoms with Crippen LogP contribution in [0.1, 0.15) is 52.9 Å². The predicted molar refractivity (Wildman–Crippen MR) is 101 cm³/mol. The summed E-state index contributed by atoms with van der Waals surface area (Å²) in [7, 11) is 0. The van der Waals surface area contributed by atoms with E-state index in [0.717, 1.165) is 54.5 Å². The molecule has 23 heavy (non-hydrogen) atoms. The number of hydrogen-bond donors (Lipinski definition) is 2. The van der Waals surface area contributed by atoms with Crippen molar-refractivity contribution in [1.29, 1.82) is 0 Å². The van der Waals surface area contributed by atoms with E-state index in [1.165, 1.54) is 5.57 Å². The van der Waals surface area contributed by atoms with E-state index in [0.29, 0.717) is 11.7 Å². The molecular weight excluding hydrogens is 282 g/mol. The van der Waals surface area contributed by atoms with Gasteiger partial charge in [0.2, 0.25) is 0 Å². The first-order chi connectivity index (χ1) is 10.9. The van der Waals surface area contributed by atoms with Crippen molar-refractivity contribution < 1.29 is 5.11 Å². The monoisotopic (exact) mass is 313 g/mol. The summed E-state index contributed by atoms with van der Waals surface area (Å²) >= 11 is 0. The molecule has 1 aliphatic rings. The number of rotatable bonds is 9. The molecule has 0 fully saturated rings. The van der Waals surface area contributed by atoms with Crippen LogP contribution < -0.4 is 5.32 Å². The smallest absolute Gasteiger partial charge is 0.123 e. The van der Waals surface area contributed by atoms with E-state index in [-0.39, 0.29) is 0 Å². The van der Waals surface area contributed by atoms with Gasteiger partial charge < -0.3 is 10.4 Å². The van der Waals surface area contributed by atoms with Crippen LogP contribution in [-0.4, -0.2) is 5.11 Å². The summed E-state index contributed by atoms with van der Waals surface area (Å²) < 4.78 is 0. The zero-order valence-corrected chi connectivity index (χ0v) is 14.9. The van der Waals surface area contributed by atoms with E-state index in [2.05, 4.69) is 45.0 Å². The van der Waals surface area contributed by atoms with Gasteiger partial charge in [0.1, 0.15) is 5.76 Å². The molecule has 0 bridgehead atoms. The van der Waals surface area contributed by atoms with Crippen LogP contribution in [-0.2, 0) is 0 Å². The molecule has 0 saturated carbocycles. The molecule has 2 heteroatoms. The zero-order chi connectivity index (χ0) is 17.4. The van der Waals surface area contributed by atoms with Gasteiger partial charge in [-0.2, -0.15) is 0 Å². The second-order valence-electron chi connectivity index (χ2n) is 6.20. The van der Waals surface area contributed by atoms with Gasteiger partial charge in [-0.1, -0.05) is 52.2 Å². The predicted octanol–water partition coefficient (Wildman–Crippen LogP) is 6.09. The molecule has 1 atom stereocenters. The summed E-state index contributed by atoms with van der Waals surface area (Å²) in [6.07, 6.45) is 10.7. The molecule has 0 aromatic rings. The molecule has 1 unspecified atom stereocenters. The van der Waals surface area contributed by atoms with Crippen LogP contribution in [0.5, 0.6) is 0 Å². The first kappa shape index (κ1) is 19.1. The van der Waals surface area contributed by atoms with Crippen molar-refractivity contribution in [2.24, 2.45) is 5.92 Å². The standard InChI is InChI=1S/C21H31NO/c1-7-15(3)21-17(5)13-19(14-20(21)23)16(4)11-9-10-12-22-18(6)8-2/h10,12,14,16,22-23H,3,5-9,11,13H2,1-2,4H3/b12-10+. The minimum Gasteiger partial charge on any atom is -0.507 e. The Morgan fingerprint density at radius 3 is 2.61 bits per heavy atom. The number of hydrogen-bond acceptors (Lipinski definition) is 2. The van der Waals surface area contributed by atoms with Crippen molar-refractivity contribution in [3.8, 4) is 0 Å². The maximum atomic E-state index is 10.3. The highest BCUT2D eigenvalue weighted by molar-refractivity contribution is 5.53. The van der Waals surface area contributed by atoms with E-state index >= 15 is 0 Å². The lowest BCUT2D eigenvalue weighted by molar-refractivity contribution is 0.421. The molecule has 0 heterocycles. The number of aliphatic hydroxyl groups excluding tert-OH is 1. The topological polar surface area (TPSA) is 32.3 Å². The maximum Gasteiger partial charge on any atom is 0.123 e. The van der Waals surface area contributed by atoms with Crippen molar-refractivity contribution in [1.82, 2.24) is 5.32 Å². The Kier molecular flexibility index (Phi) is 7.67. The van der Waals surface area contributed by atoms with Crippen LogP contribution in [0.2, 0.25) is 0 Å². The fourth-order valence-electron chi connectivity index (χ4n) is 2.63. The van der Waals surface area contributed by atoms with Gasteiger partial charge in [0.25, 0.3) is 0 Å². The van der Waals surface area contributed by atoms with Crippen LogP contribution in [0.3, 0.4) is 0 Å². The zero-order valence-electron chi connectivity index (χ0n) is 14.9. The fraction of sp³-hybridized carbons (Fsp3) is 0.429. The molecule has 126 valence electrons. The SMILES string of the molecule is C=C(CC)N/C=C/CCC(C)C1=CC(O)=C(C(=C)CC)C(=C)C1. The molecule has 0 radical (unpaired) electrons. The lowest BCUT2D eigenvalue weighted by Gasteiger charge is -2.24. The first-order valence-corrected chi connectivity index (χ1v) is 8.49. The molecule has 0 aliphatic heterocycles. The quantitative estimate of drug-likeness (QED) is 0.539. The van der Waals surface area contributed by atoms with E-state index in [4.69, 9.17) is 0 Å². The van der Waals surface area contributed by atoms with Gasteiger partial charge in [0, 0.05) is 11.3 Å². The summed E-state index contributed by atoms with van der Waals surface area (Å²) in [4.78, 5) is 0. The lowest BCUT2D eigenvalue weighted by atomic mass is 9.82. The molecule has 2 nitrogen and oxygen atoms in total. The van der Waals surface area contributed by atoms with Gasteiger partial charge in [-0.3, -0.25) is 0 Å². The van der Waals surface area contributed by atoms with Crippen LogP contribution in [0.15, 0.2) is 71.8 Å². The Labute approximate surface area is 141 Å². The minimum absolute atomic E-state index is 0.325. The Balaban J connectivity index is 2.62. The normalized spacial score (nSPS) is 16.5. The van der Waals surface area contributed by atoms with Crippen LogP contribution in [0.25, 0.3) is 0 Å². The number of nitrogens with one attached hydrogen (secondary N) is 1. The molecule has 0 amide bonds. The summed E-state index contributed by atoms with van der Waals surface area (Å²) in [5.74, 6) is 0.746. The Morgan fingerprint density at radius 1 is 1.35 bits per heavy atom. The minimum atomic E-state index is 0.325. The van der Waals surface area contributed by atoms with Gasteiger partial charge in [0.15, 0.2) is 0 Å². The van der Waals surface area contributed by atoms with Crippen LogP contribution in [0, 0.1) is 5.92 Å². The Bertz CT molecular complexity index is 560. The van der Waals surface area contributed by atoms with Crippen molar-refractivity contribution in [3.63, 3.8) is 0 Å². The Morgan fingerprint density at radius 2 is 2.04 bits per heavy atom. The van der Waals surface area contributed by atoms with Crippen molar-refractivity contribution in [3.05, 3.63) is 71.8 Å². The van der Waals surface area contributed by atoms with E-state index in [9.17, 15) is 5.11 Å². The third-order valence-electron chi connectivity index (χ3n) is 4.36. The van der Waals surface area contributed by atoms with Crippen molar-refractivity contribution in [2.45, 2.75) is 52.9 Å². The molecule has 1 rings (SSSR count). The molecule has 0 aromatic carbocycles. The van der Waals surface area contributed by atoms with Gasteiger partial charge in [-0.25, -0.2) is 0 Å². The van der Waals surface area contributed by atoms with Gasteiger partial charge >= 0.3 is 0 Å². The first-order valence-electron chi connectivity index (χ1n) is 8.49. The van der Waals surface area contributed by atoms with E-state index < -0.39 is 0 Å². The van der Waals surface area contributed by atoms with Crippen molar-refractivity contribution in [2.75, 3.05) is 0 Å². The van der Waals surface area contributed by atoms with Gasteiger partial charge in [-0.15, -0.1) is 0 Å². The van der Waals surface area contributed by atoms with Gasteiger partial charge in [-0.05, 0) is 61.4 Å². The van der Waals surface area contributed by atoms with Crippen molar-refractivity contribution >= 4 is 0 Å². The van der Waals surface area contributed by atoms with Crippen LogP contribution in [0.4, 0.5) is 0 Å². The second kappa shape index (κ2) is 9.24. The maximum absolute atomic E-state index is 10.3. The number of allylic oxidation sites excluding steroid dienone is 7. The summed E-state index contributed by atoms with van der Waals surface area (Å²) in [5, 5.41) is 13.5. The third-order valence-corrected chi connectivity index (χ3v) is 4.36. The fourth-order valence-corrected chi connectivity index (χ4v) is 2.63. The molecular formula is C21H31NO. The summed E-state index contributed by atoms with van der Waals surface area (Å²) in [6.45, 7) is 18.4. The van der Waals surface area contributed by atoms with Gasteiger partial charge in [0.05, 0.1) is 0 Å². The van der Waals surface area contributed by atoms with E-state index in [1.54, 1.807) is 0 Å². The summed E-state index contributed by atoms with van der Waals surface area (Å²) in [5.41, 5.74) is 5.07. The summed E-state index contributed by atoms with van der Waals surface area (Å²) in [6, 6.07) is 0. The highest BCUT2D eigenvalue weighted by atomic mass is 16.3. The highest BCUT2D eigenvalue weighted by Crippen LogP contribution is 2.36. The molecule has 0 aromatic heterocycles. The molecule has 2 N–H and O–H groups in total. The molecule has 0 saturated heterocycles. The number of aliphatic hydroxyl groups is 1.